The highest BCUT2D eigenvalue weighted by Crippen LogP contribution is 2.08. The number of rotatable bonds is 20. The Morgan fingerprint density at radius 2 is 1.12 bits per heavy atom. The highest BCUT2D eigenvalue weighted by Gasteiger charge is 2.17. The average molecular weight is 552 g/mol. The van der Waals surface area contributed by atoms with Crippen LogP contribution in [0.25, 0.3) is 0 Å². The van der Waals surface area contributed by atoms with Crippen molar-refractivity contribution in [1.29, 1.82) is 0 Å². The summed E-state index contributed by atoms with van der Waals surface area (Å²) >= 11 is 0. The van der Waals surface area contributed by atoms with E-state index in [2.05, 4.69) is 17.6 Å². The molecule has 0 heterocycles. The molecule has 0 radical (unpaired) electrons. The summed E-state index contributed by atoms with van der Waals surface area (Å²) in [4.78, 5) is 39.7. The zero-order chi connectivity index (χ0) is 29.0. The summed E-state index contributed by atoms with van der Waals surface area (Å²) < 4.78 is 0. The smallest absolute Gasteiger partial charge is 0.237 e. The Balaban J connectivity index is 1.75. The quantitative estimate of drug-likeness (QED) is 0.188. The Labute approximate surface area is 240 Å². The number of hydrogen-bond donors (Lipinski definition) is 4. The lowest BCUT2D eigenvalue weighted by Gasteiger charge is -2.23. The number of carbonyl (C=O) groups excluding carboxylic acids is 3. The van der Waals surface area contributed by atoms with E-state index in [1.165, 1.54) is 12.8 Å². The van der Waals surface area contributed by atoms with Crippen LogP contribution in [0.15, 0.2) is 60.7 Å². The number of carbonyl (C=O) groups is 3. The van der Waals surface area contributed by atoms with Gasteiger partial charge >= 0.3 is 0 Å². The molecule has 6 N–H and O–H groups in total. The van der Waals surface area contributed by atoms with Gasteiger partial charge in [0.05, 0.1) is 12.1 Å². The fourth-order valence-electron chi connectivity index (χ4n) is 4.55. The first-order valence-electron chi connectivity index (χ1n) is 14.8. The van der Waals surface area contributed by atoms with Crippen LogP contribution in [0.1, 0.15) is 69.4 Å². The molecular weight excluding hydrogens is 502 g/mol. The van der Waals surface area contributed by atoms with Crippen LogP contribution in [0.3, 0.4) is 0 Å². The predicted molar refractivity (Wildman–Crippen MR) is 161 cm³/mol. The van der Waals surface area contributed by atoms with Crippen LogP contribution in [-0.4, -0.2) is 60.9 Å². The van der Waals surface area contributed by atoms with Gasteiger partial charge in [-0.1, -0.05) is 93.3 Å². The molecule has 220 valence electrons. The van der Waals surface area contributed by atoms with Crippen LogP contribution in [0, 0.1) is 0 Å². The summed E-state index contributed by atoms with van der Waals surface area (Å²) in [6.07, 6.45) is 8.20. The van der Waals surface area contributed by atoms with Gasteiger partial charge in [-0.15, -0.1) is 0 Å². The monoisotopic (exact) mass is 551 g/mol. The van der Waals surface area contributed by atoms with Gasteiger partial charge in [0.15, 0.2) is 0 Å². The van der Waals surface area contributed by atoms with E-state index in [0.29, 0.717) is 58.3 Å². The lowest BCUT2D eigenvalue weighted by atomic mass is 10.1. The number of hydrogen-bond acceptors (Lipinski definition) is 5. The summed E-state index contributed by atoms with van der Waals surface area (Å²) in [6.45, 7) is 4.17. The van der Waals surface area contributed by atoms with E-state index in [1.807, 2.05) is 65.6 Å². The van der Waals surface area contributed by atoms with Crippen molar-refractivity contribution in [2.24, 2.45) is 11.5 Å². The fourth-order valence-corrected chi connectivity index (χ4v) is 4.55. The second-order valence-corrected chi connectivity index (χ2v) is 10.4. The highest BCUT2D eigenvalue weighted by atomic mass is 16.2. The van der Waals surface area contributed by atoms with E-state index < -0.39 is 12.1 Å². The van der Waals surface area contributed by atoms with Gasteiger partial charge in [-0.05, 0) is 43.2 Å². The predicted octanol–water partition coefficient (Wildman–Crippen LogP) is 3.33. The maximum atomic E-state index is 13.0. The zero-order valence-electron chi connectivity index (χ0n) is 24.2. The van der Waals surface area contributed by atoms with Gasteiger partial charge in [0.25, 0.3) is 0 Å². The molecule has 0 fully saturated rings. The van der Waals surface area contributed by atoms with Crippen molar-refractivity contribution in [3.05, 3.63) is 71.8 Å². The summed E-state index contributed by atoms with van der Waals surface area (Å²) in [5.41, 5.74) is 14.2. The number of benzene rings is 2. The molecule has 0 spiro atoms. The van der Waals surface area contributed by atoms with Gasteiger partial charge in [0.1, 0.15) is 0 Å². The molecule has 0 saturated carbocycles. The van der Waals surface area contributed by atoms with E-state index in [9.17, 15) is 14.4 Å². The molecule has 0 unspecified atom stereocenters. The molecule has 40 heavy (non-hydrogen) atoms. The third kappa shape index (κ3) is 13.7. The molecule has 0 aliphatic carbocycles. The standard InChI is InChI=1S/C32H49N5O3/c1-2-3-4-5-12-19-30(38)37(22-13-20-35-31(39)28(33)24-26-15-8-6-9-16-26)23-14-21-36-32(40)29(34)25-27-17-10-7-11-18-27/h6-11,15-18,28-29H,2-5,12-14,19-25,33-34H2,1H3,(H,35,39)(H,36,40)/t28-,29-/m0/s1. The Bertz CT molecular complexity index is 919. The Morgan fingerprint density at radius 3 is 1.57 bits per heavy atom. The van der Waals surface area contributed by atoms with Crippen molar-refractivity contribution >= 4 is 17.7 Å². The van der Waals surface area contributed by atoms with E-state index in [4.69, 9.17) is 11.5 Å². The third-order valence-corrected chi connectivity index (χ3v) is 6.93. The molecule has 8 heteroatoms. The molecule has 0 aliphatic rings. The van der Waals surface area contributed by atoms with Crippen molar-refractivity contribution in [3.63, 3.8) is 0 Å². The minimum atomic E-state index is -0.611. The number of nitrogens with zero attached hydrogens (tertiary/aromatic N) is 1. The van der Waals surface area contributed by atoms with E-state index in [-0.39, 0.29) is 17.7 Å². The molecule has 2 aromatic rings. The first-order valence-corrected chi connectivity index (χ1v) is 14.8. The Hall–Kier alpha value is -3.23. The van der Waals surface area contributed by atoms with Crippen LogP contribution in [-0.2, 0) is 27.2 Å². The van der Waals surface area contributed by atoms with Gasteiger partial charge in [0, 0.05) is 32.6 Å². The average Bonchev–Trinajstić information content (AvgIpc) is 2.96. The van der Waals surface area contributed by atoms with Gasteiger partial charge in [-0.3, -0.25) is 14.4 Å². The minimum absolute atomic E-state index is 0.121. The van der Waals surface area contributed by atoms with Crippen LogP contribution in [0.5, 0.6) is 0 Å². The van der Waals surface area contributed by atoms with E-state index >= 15 is 0 Å². The van der Waals surface area contributed by atoms with Gasteiger partial charge in [0.2, 0.25) is 17.7 Å². The maximum absolute atomic E-state index is 13.0. The molecule has 0 aromatic heterocycles. The molecule has 2 atom stereocenters. The second-order valence-electron chi connectivity index (χ2n) is 10.4. The third-order valence-electron chi connectivity index (χ3n) is 6.93. The molecule has 8 nitrogen and oxygen atoms in total. The van der Waals surface area contributed by atoms with Crippen LogP contribution in [0.2, 0.25) is 0 Å². The molecule has 0 saturated heterocycles. The first kappa shape index (κ1) is 33.0. The maximum Gasteiger partial charge on any atom is 0.237 e. The molecular formula is C32H49N5O3. The SMILES string of the molecule is CCCCCCCC(=O)N(CCCNC(=O)[C@@H](N)Cc1ccccc1)CCCNC(=O)[C@@H](N)Cc1ccccc1. The van der Waals surface area contributed by atoms with Crippen molar-refractivity contribution in [3.8, 4) is 0 Å². The number of amides is 3. The van der Waals surface area contributed by atoms with Crippen molar-refractivity contribution in [2.45, 2.75) is 83.2 Å². The van der Waals surface area contributed by atoms with Gasteiger partial charge in [-0.2, -0.15) is 0 Å². The zero-order valence-corrected chi connectivity index (χ0v) is 24.2. The molecule has 0 aliphatic heterocycles. The lowest BCUT2D eigenvalue weighted by Crippen LogP contribution is -2.44. The van der Waals surface area contributed by atoms with Crippen molar-refractivity contribution in [2.75, 3.05) is 26.2 Å². The van der Waals surface area contributed by atoms with E-state index in [0.717, 1.165) is 30.4 Å². The van der Waals surface area contributed by atoms with E-state index in [1.54, 1.807) is 0 Å². The first-order chi connectivity index (χ1) is 19.4. The summed E-state index contributed by atoms with van der Waals surface area (Å²) in [6, 6.07) is 18.2. The summed E-state index contributed by atoms with van der Waals surface area (Å²) in [5.74, 6) is -0.255. The number of unbranched alkanes of at least 4 members (excludes halogenated alkanes) is 4. The van der Waals surface area contributed by atoms with Crippen LogP contribution in [0.4, 0.5) is 0 Å². The topological polar surface area (TPSA) is 131 Å². The molecule has 0 bridgehead atoms. The summed E-state index contributed by atoms with van der Waals surface area (Å²) in [7, 11) is 0. The molecule has 3 amide bonds. The van der Waals surface area contributed by atoms with Crippen LogP contribution < -0.4 is 22.1 Å². The van der Waals surface area contributed by atoms with Gasteiger partial charge in [-0.25, -0.2) is 0 Å². The normalized spacial score (nSPS) is 12.4. The van der Waals surface area contributed by atoms with Crippen molar-refractivity contribution < 1.29 is 14.4 Å². The van der Waals surface area contributed by atoms with Gasteiger partial charge < -0.3 is 27.0 Å². The fraction of sp³-hybridized carbons (Fsp3) is 0.531. The Morgan fingerprint density at radius 1 is 0.675 bits per heavy atom. The van der Waals surface area contributed by atoms with Crippen LogP contribution >= 0.6 is 0 Å². The molecule has 2 rings (SSSR count). The summed E-state index contributed by atoms with van der Waals surface area (Å²) in [5, 5.41) is 5.81. The highest BCUT2D eigenvalue weighted by molar-refractivity contribution is 5.82. The number of nitrogens with one attached hydrogen (secondary N) is 2. The Kier molecular flexibility index (Phi) is 16.3. The molecule has 2 aromatic carbocycles. The minimum Gasteiger partial charge on any atom is -0.355 e. The lowest BCUT2D eigenvalue weighted by molar-refractivity contribution is -0.131. The van der Waals surface area contributed by atoms with Crippen molar-refractivity contribution in [1.82, 2.24) is 15.5 Å². The number of nitrogens with two attached hydrogens (primary N) is 2. The second kappa shape index (κ2) is 19.8. The largest absolute Gasteiger partial charge is 0.355 e.